The molecule has 2 aromatic carbocycles. The zero-order chi connectivity index (χ0) is 18.9. The first-order valence-corrected chi connectivity index (χ1v) is 11.2. The summed E-state index contributed by atoms with van der Waals surface area (Å²) in [7, 11) is 0. The smallest absolute Gasteiger partial charge is 0.142 e. The lowest BCUT2D eigenvalue weighted by Crippen LogP contribution is -2.40. The van der Waals surface area contributed by atoms with Gasteiger partial charge in [0.25, 0.3) is 0 Å². The SMILES string of the molecule is CCCCN1c2ccccc2C(C)(C)C1C=Cc1cc(I)c(O)c(I)c1. The maximum atomic E-state index is 10.0. The summed E-state index contributed by atoms with van der Waals surface area (Å²) in [6.07, 6.45) is 6.95. The molecule has 3 rings (SSSR count). The summed E-state index contributed by atoms with van der Waals surface area (Å²) in [6, 6.07) is 13.2. The quantitative estimate of drug-likeness (QED) is 0.409. The molecule has 0 fully saturated rings. The Morgan fingerprint density at radius 2 is 1.81 bits per heavy atom. The van der Waals surface area contributed by atoms with Crippen molar-refractivity contribution >= 4 is 56.9 Å². The predicted molar refractivity (Wildman–Crippen MR) is 128 cm³/mol. The molecule has 0 aliphatic carbocycles. The average Bonchev–Trinajstić information content (AvgIpc) is 2.83. The molecule has 1 aliphatic heterocycles. The van der Waals surface area contributed by atoms with Gasteiger partial charge in [0.1, 0.15) is 5.75 Å². The Kier molecular flexibility index (Phi) is 6.22. The molecule has 0 saturated carbocycles. The molecule has 0 amide bonds. The van der Waals surface area contributed by atoms with Gasteiger partial charge in [-0.3, -0.25) is 0 Å². The first-order chi connectivity index (χ1) is 12.4. The van der Waals surface area contributed by atoms with Crippen LogP contribution in [0.3, 0.4) is 0 Å². The molecule has 0 saturated heterocycles. The van der Waals surface area contributed by atoms with Gasteiger partial charge in [0.15, 0.2) is 0 Å². The zero-order valence-corrected chi connectivity index (χ0v) is 19.8. The molecule has 0 spiro atoms. The molecule has 2 aromatic rings. The third kappa shape index (κ3) is 3.77. The van der Waals surface area contributed by atoms with Gasteiger partial charge < -0.3 is 10.0 Å². The van der Waals surface area contributed by atoms with Crippen molar-refractivity contribution in [2.24, 2.45) is 0 Å². The summed E-state index contributed by atoms with van der Waals surface area (Å²) in [5.74, 6) is 0.376. The lowest BCUT2D eigenvalue weighted by Gasteiger charge is -2.32. The van der Waals surface area contributed by atoms with Crippen LogP contribution in [0, 0.1) is 7.14 Å². The van der Waals surface area contributed by atoms with Crippen molar-refractivity contribution in [3.05, 3.63) is 60.7 Å². The fourth-order valence-corrected chi connectivity index (χ4v) is 5.60. The largest absolute Gasteiger partial charge is 0.506 e. The molecular weight excluding hydrogens is 548 g/mol. The van der Waals surface area contributed by atoms with Crippen LogP contribution < -0.4 is 4.90 Å². The van der Waals surface area contributed by atoms with Crippen molar-refractivity contribution in [2.75, 3.05) is 11.4 Å². The van der Waals surface area contributed by atoms with E-state index in [0.717, 1.165) is 19.2 Å². The highest BCUT2D eigenvalue weighted by atomic mass is 127. The minimum Gasteiger partial charge on any atom is -0.506 e. The molecule has 1 N–H and O–H groups in total. The number of rotatable bonds is 5. The number of para-hydroxylation sites is 1. The van der Waals surface area contributed by atoms with E-state index in [4.69, 9.17) is 0 Å². The Balaban J connectivity index is 1.97. The van der Waals surface area contributed by atoms with Crippen molar-refractivity contribution in [2.45, 2.75) is 45.1 Å². The first kappa shape index (κ1) is 20.0. The van der Waals surface area contributed by atoms with Crippen LogP contribution in [0.5, 0.6) is 5.75 Å². The lowest BCUT2D eigenvalue weighted by molar-refractivity contribution is 0.467. The Hall–Kier alpha value is -0.760. The van der Waals surface area contributed by atoms with Crippen LogP contribution in [0.2, 0.25) is 0 Å². The van der Waals surface area contributed by atoms with Crippen molar-refractivity contribution < 1.29 is 5.11 Å². The summed E-state index contributed by atoms with van der Waals surface area (Å²) < 4.78 is 1.79. The number of hydrogen-bond acceptors (Lipinski definition) is 2. The topological polar surface area (TPSA) is 23.5 Å². The van der Waals surface area contributed by atoms with Crippen LogP contribution in [0.25, 0.3) is 6.08 Å². The molecular formula is C22H25I2NO. The van der Waals surface area contributed by atoms with Gasteiger partial charge in [-0.1, -0.05) is 57.5 Å². The van der Waals surface area contributed by atoms with Gasteiger partial charge in [-0.2, -0.15) is 0 Å². The van der Waals surface area contributed by atoms with E-state index >= 15 is 0 Å². The third-order valence-corrected chi connectivity index (χ3v) is 6.89. The highest BCUT2D eigenvalue weighted by Crippen LogP contribution is 2.45. The molecule has 1 heterocycles. The van der Waals surface area contributed by atoms with Gasteiger partial charge in [-0.05, 0) is 80.9 Å². The van der Waals surface area contributed by atoms with E-state index in [2.05, 4.69) is 107 Å². The Morgan fingerprint density at radius 1 is 1.15 bits per heavy atom. The Bertz CT molecular complexity index is 806. The normalized spacial score (nSPS) is 18.5. The van der Waals surface area contributed by atoms with E-state index < -0.39 is 0 Å². The third-order valence-electron chi connectivity index (χ3n) is 5.25. The molecule has 26 heavy (non-hydrogen) atoms. The average molecular weight is 573 g/mol. The fraction of sp³-hybridized carbons (Fsp3) is 0.364. The van der Waals surface area contributed by atoms with E-state index in [0.29, 0.717) is 11.8 Å². The number of phenols is 1. The van der Waals surface area contributed by atoms with Crippen LogP contribution in [-0.2, 0) is 5.41 Å². The Labute approximate surface area is 184 Å². The molecule has 1 aliphatic rings. The van der Waals surface area contributed by atoms with Crippen LogP contribution in [-0.4, -0.2) is 17.7 Å². The van der Waals surface area contributed by atoms with Gasteiger partial charge in [0, 0.05) is 17.6 Å². The number of halogens is 2. The molecule has 138 valence electrons. The second kappa shape index (κ2) is 8.09. The number of anilines is 1. The van der Waals surface area contributed by atoms with Crippen LogP contribution in [0.1, 0.15) is 44.7 Å². The Morgan fingerprint density at radius 3 is 2.46 bits per heavy atom. The fourth-order valence-electron chi connectivity index (χ4n) is 3.78. The van der Waals surface area contributed by atoms with E-state index in [1.54, 1.807) is 0 Å². The highest BCUT2D eigenvalue weighted by Gasteiger charge is 2.42. The molecule has 0 bridgehead atoms. The van der Waals surface area contributed by atoms with E-state index in [1.165, 1.54) is 24.1 Å². The molecule has 0 radical (unpaired) electrons. The number of hydrogen-bond donors (Lipinski definition) is 1. The summed E-state index contributed by atoms with van der Waals surface area (Å²) >= 11 is 4.39. The van der Waals surface area contributed by atoms with Crippen molar-refractivity contribution in [3.8, 4) is 5.75 Å². The number of fused-ring (bicyclic) bond motifs is 1. The number of unbranched alkanes of at least 4 members (excludes halogenated alkanes) is 1. The van der Waals surface area contributed by atoms with Crippen LogP contribution >= 0.6 is 45.2 Å². The van der Waals surface area contributed by atoms with Gasteiger partial charge in [-0.25, -0.2) is 0 Å². The van der Waals surface area contributed by atoms with E-state index in [-0.39, 0.29) is 5.41 Å². The molecule has 1 unspecified atom stereocenters. The monoisotopic (exact) mass is 573 g/mol. The molecule has 1 atom stereocenters. The number of aromatic hydroxyl groups is 1. The minimum absolute atomic E-state index is 0.0675. The van der Waals surface area contributed by atoms with Crippen LogP contribution in [0.15, 0.2) is 42.5 Å². The van der Waals surface area contributed by atoms with Crippen LogP contribution in [0.4, 0.5) is 5.69 Å². The molecule has 2 nitrogen and oxygen atoms in total. The predicted octanol–water partition coefficient (Wildman–Crippen LogP) is 6.58. The van der Waals surface area contributed by atoms with Crippen molar-refractivity contribution in [1.29, 1.82) is 0 Å². The number of nitrogens with zero attached hydrogens (tertiary/aromatic N) is 1. The summed E-state index contributed by atoms with van der Waals surface area (Å²) in [4.78, 5) is 2.56. The van der Waals surface area contributed by atoms with Gasteiger partial charge >= 0.3 is 0 Å². The summed E-state index contributed by atoms with van der Waals surface area (Å²) in [5.41, 5.74) is 4.01. The maximum absolute atomic E-state index is 10.0. The minimum atomic E-state index is 0.0675. The summed E-state index contributed by atoms with van der Waals surface area (Å²) in [5, 5.41) is 10.0. The van der Waals surface area contributed by atoms with Crippen molar-refractivity contribution in [1.82, 2.24) is 0 Å². The van der Waals surface area contributed by atoms with E-state index in [9.17, 15) is 5.11 Å². The number of phenolic OH excluding ortho intramolecular Hbond substituents is 1. The molecule has 4 heteroatoms. The maximum Gasteiger partial charge on any atom is 0.142 e. The standard InChI is InChI=1S/C22H25I2NO/c1-4-5-12-25-19-9-7-6-8-16(19)22(2,3)20(25)11-10-15-13-17(23)21(26)18(24)14-15/h6-11,13-14,20,26H,4-5,12H2,1-3H3. The van der Waals surface area contributed by atoms with Gasteiger partial charge in [-0.15, -0.1) is 0 Å². The second-order valence-corrected chi connectivity index (χ2v) is 9.75. The first-order valence-electron chi connectivity index (χ1n) is 9.08. The van der Waals surface area contributed by atoms with Crippen molar-refractivity contribution in [3.63, 3.8) is 0 Å². The van der Waals surface area contributed by atoms with E-state index in [1.807, 2.05) is 12.1 Å². The van der Waals surface area contributed by atoms with Gasteiger partial charge in [0.05, 0.1) is 13.2 Å². The second-order valence-electron chi connectivity index (χ2n) is 7.42. The zero-order valence-electron chi connectivity index (χ0n) is 15.5. The molecule has 0 aromatic heterocycles. The highest BCUT2D eigenvalue weighted by molar-refractivity contribution is 14.1. The summed E-state index contributed by atoms with van der Waals surface area (Å²) in [6.45, 7) is 8.02. The lowest BCUT2D eigenvalue weighted by atomic mass is 9.80. The van der Waals surface area contributed by atoms with Gasteiger partial charge in [0.2, 0.25) is 0 Å². The number of benzene rings is 2.